The molecule has 1 aliphatic heterocycles. The summed E-state index contributed by atoms with van der Waals surface area (Å²) in [6, 6.07) is 6.25. The number of hydrogen-bond acceptors (Lipinski definition) is 3. The van der Waals surface area contributed by atoms with Crippen LogP contribution in [0.1, 0.15) is 9.67 Å². The third-order valence-electron chi connectivity index (χ3n) is 3.24. The molecule has 19 heavy (non-hydrogen) atoms. The van der Waals surface area contributed by atoms with Gasteiger partial charge >= 0.3 is 5.97 Å². The number of carbonyl (C=O) groups is 2. The lowest BCUT2D eigenvalue weighted by molar-refractivity contribution is -0.146. The number of rotatable bonds is 2. The van der Waals surface area contributed by atoms with Crippen molar-refractivity contribution in [1.29, 1.82) is 0 Å². The summed E-state index contributed by atoms with van der Waals surface area (Å²) in [6.07, 6.45) is 0. The zero-order valence-electron chi connectivity index (χ0n) is 9.80. The number of thiophene rings is 1. The van der Waals surface area contributed by atoms with Crippen molar-refractivity contribution in [2.24, 2.45) is 5.92 Å². The Labute approximate surface area is 112 Å². The third kappa shape index (κ3) is 1.98. The number of benzene rings is 1. The van der Waals surface area contributed by atoms with Gasteiger partial charge in [-0.05, 0) is 18.2 Å². The van der Waals surface area contributed by atoms with Crippen LogP contribution in [0.5, 0.6) is 0 Å². The summed E-state index contributed by atoms with van der Waals surface area (Å²) in [7, 11) is 0. The maximum absolute atomic E-state index is 13.5. The summed E-state index contributed by atoms with van der Waals surface area (Å²) in [4.78, 5) is 24.7. The van der Waals surface area contributed by atoms with E-state index in [1.54, 1.807) is 12.1 Å². The summed E-state index contributed by atoms with van der Waals surface area (Å²) in [5.74, 6) is -1.93. The number of carboxylic acids is 1. The molecule has 0 aliphatic carbocycles. The van der Waals surface area contributed by atoms with Gasteiger partial charge in [0, 0.05) is 23.2 Å². The third-order valence-corrected chi connectivity index (χ3v) is 4.33. The summed E-state index contributed by atoms with van der Waals surface area (Å²) >= 11 is 1.23. The van der Waals surface area contributed by atoms with Crippen molar-refractivity contribution in [3.05, 3.63) is 35.0 Å². The molecule has 1 amide bonds. The van der Waals surface area contributed by atoms with Gasteiger partial charge in [-0.2, -0.15) is 0 Å². The van der Waals surface area contributed by atoms with Gasteiger partial charge in [0.2, 0.25) is 0 Å². The zero-order valence-corrected chi connectivity index (χ0v) is 10.6. The maximum atomic E-state index is 13.5. The summed E-state index contributed by atoms with van der Waals surface area (Å²) in [6.45, 7) is 0.454. The van der Waals surface area contributed by atoms with Crippen LogP contribution in [0.2, 0.25) is 0 Å². The van der Waals surface area contributed by atoms with Gasteiger partial charge < -0.3 is 10.0 Å². The lowest BCUT2D eigenvalue weighted by atomic mass is 10.0. The number of fused-ring (bicyclic) bond motifs is 1. The smallest absolute Gasteiger partial charge is 0.310 e. The monoisotopic (exact) mass is 279 g/mol. The Morgan fingerprint density at radius 1 is 1.37 bits per heavy atom. The maximum Gasteiger partial charge on any atom is 0.310 e. The molecule has 1 N–H and O–H groups in total. The molecule has 2 aromatic rings. The van der Waals surface area contributed by atoms with E-state index in [1.807, 2.05) is 0 Å². The van der Waals surface area contributed by atoms with E-state index in [4.69, 9.17) is 5.11 Å². The first-order chi connectivity index (χ1) is 9.06. The minimum atomic E-state index is -0.883. The highest BCUT2D eigenvalue weighted by molar-refractivity contribution is 7.20. The molecule has 0 unspecified atom stereocenters. The number of halogens is 1. The van der Waals surface area contributed by atoms with Crippen molar-refractivity contribution < 1.29 is 19.1 Å². The molecular weight excluding hydrogens is 269 g/mol. The molecule has 4 nitrogen and oxygen atoms in total. The lowest BCUT2D eigenvalue weighted by Crippen LogP contribution is -2.52. The van der Waals surface area contributed by atoms with Gasteiger partial charge in [-0.3, -0.25) is 9.59 Å². The molecule has 0 atom stereocenters. The van der Waals surface area contributed by atoms with Crippen molar-refractivity contribution >= 4 is 33.3 Å². The molecule has 1 aromatic carbocycles. The van der Waals surface area contributed by atoms with Crippen LogP contribution in [-0.4, -0.2) is 35.0 Å². The van der Waals surface area contributed by atoms with Crippen molar-refractivity contribution in [2.45, 2.75) is 0 Å². The number of likely N-dealkylation sites (tertiary alicyclic amines) is 1. The van der Waals surface area contributed by atoms with Crippen LogP contribution in [0.4, 0.5) is 4.39 Å². The molecule has 6 heteroatoms. The van der Waals surface area contributed by atoms with E-state index in [2.05, 4.69) is 0 Å². The minimum absolute atomic E-state index is 0.224. The van der Waals surface area contributed by atoms with Crippen LogP contribution in [0.3, 0.4) is 0 Å². The van der Waals surface area contributed by atoms with Gasteiger partial charge in [0.1, 0.15) is 5.82 Å². The second-order valence-electron chi connectivity index (χ2n) is 4.51. The predicted octanol–water partition coefficient (Wildman–Crippen LogP) is 2.20. The fourth-order valence-corrected chi connectivity index (χ4v) is 3.13. The quantitative estimate of drug-likeness (QED) is 0.916. The summed E-state index contributed by atoms with van der Waals surface area (Å²) < 4.78 is 14.3. The SMILES string of the molecule is O=C(O)C1CN(C(=O)c2cc3c(F)cccc3s2)C1. The second-order valence-corrected chi connectivity index (χ2v) is 5.59. The van der Waals surface area contributed by atoms with E-state index in [-0.39, 0.29) is 24.8 Å². The molecule has 3 rings (SSSR count). The number of nitrogens with zero attached hydrogens (tertiary/aromatic N) is 1. The molecule has 0 saturated carbocycles. The van der Waals surface area contributed by atoms with Crippen LogP contribution in [-0.2, 0) is 4.79 Å². The zero-order chi connectivity index (χ0) is 13.6. The van der Waals surface area contributed by atoms with Crippen LogP contribution in [0, 0.1) is 11.7 Å². The van der Waals surface area contributed by atoms with E-state index < -0.39 is 11.9 Å². The highest BCUT2D eigenvalue weighted by atomic mass is 32.1. The minimum Gasteiger partial charge on any atom is -0.481 e. The van der Waals surface area contributed by atoms with Crippen molar-refractivity contribution in [3.63, 3.8) is 0 Å². The van der Waals surface area contributed by atoms with Gasteiger partial charge in [-0.15, -0.1) is 11.3 Å². The Morgan fingerprint density at radius 3 is 2.74 bits per heavy atom. The van der Waals surface area contributed by atoms with E-state index in [0.29, 0.717) is 10.3 Å². The van der Waals surface area contributed by atoms with Crippen LogP contribution in [0.25, 0.3) is 10.1 Å². The predicted molar refractivity (Wildman–Crippen MR) is 68.8 cm³/mol. The topological polar surface area (TPSA) is 57.6 Å². The van der Waals surface area contributed by atoms with Crippen molar-refractivity contribution in [3.8, 4) is 0 Å². The number of amides is 1. The first-order valence-electron chi connectivity index (χ1n) is 5.76. The molecule has 1 aromatic heterocycles. The number of hydrogen-bond donors (Lipinski definition) is 1. The molecule has 0 bridgehead atoms. The Hall–Kier alpha value is -1.95. The van der Waals surface area contributed by atoms with Crippen molar-refractivity contribution in [2.75, 3.05) is 13.1 Å². The molecule has 1 aliphatic rings. The fourth-order valence-electron chi connectivity index (χ4n) is 2.09. The van der Waals surface area contributed by atoms with Crippen LogP contribution >= 0.6 is 11.3 Å². The Morgan fingerprint density at radius 2 is 2.11 bits per heavy atom. The standard InChI is InChI=1S/C13H10FNO3S/c14-9-2-1-3-10-8(9)4-11(19-10)12(16)15-5-7(6-15)13(17)18/h1-4,7H,5-6H2,(H,17,18). The van der Waals surface area contributed by atoms with Gasteiger partial charge in [0.15, 0.2) is 0 Å². The first kappa shape index (κ1) is 12.1. The van der Waals surface area contributed by atoms with E-state index in [9.17, 15) is 14.0 Å². The van der Waals surface area contributed by atoms with Crippen molar-refractivity contribution in [1.82, 2.24) is 4.90 Å². The van der Waals surface area contributed by atoms with Gasteiger partial charge in [0.05, 0.1) is 10.8 Å². The molecule has 98 valence electrons. The highest BCUT2D eigenvalue weighted by Gasteiger charge is 2.36. The largest absolute Gasteiger partial charge is 0.481 e. The Balaban J connectivity index is 1.83. The van der Waals surface area contributed by atoms with E-state index >= 15 is 0 Å². The highest BCUT2D eigenvalue weighted by Crippen LogP contribution is 2.30. The molecule has 1 saturated heterocycles. The van der Waals surface area contributed by atoms with Gasteiger partial charge in [-0.25, -0.2) is 4.39 Å². The Kier molecular flexibility index (Phi) is 2.74. The second kappa shape index (κ2) is 4.31. The van der Waals surface area contributed by atoms with Gasteiger partial charge in [-0.1, -0.05) is 6.07 Å². The molecule has 2 heterocycles. The lowest BCUT2D eigenvalue weighted by Gasteiger charge is -2.36. The first-order valence-corrected chi connectivity index (χ1v) is 6.58. The molecule has 1 fully saturated rings. The van der Waals surface area contributed by atoms with E-state index in [1.165, 1.54) is 28.4 Å². The average molecular weight is 279 g/mol. The number of carboxylic acid groups (broad SMARTS) is 1. The fraction of sp³-hybridized carbons (Fsp3) is 0.231. The molecular formula is C13H10FNO3S. The van der Waals surface area contributed by atoms with E-state index in [0.717, 1.165) is 4.70 Å². The summed E-state index contributed by atoms with van der Waals surface area (Å²) in [5, 5.41) is 9.21. The summed E-state index contributed by atoms with van der Waals surface area (Å²) in [5.41, 5.74) is 0. The van der Waals surface area contributed by atoms with Gasteiger partial charge in [0.25, 0.3) is 5.91 Å². The average Bonchev–Trinajstić information content (AvgIpc) is 2.71. The number of aliphatic carboxylic acids is 1. The molecule has 0 spiro atoms. The number of carbonyl (C=O) groups excluding carboxylic acids is 1. The molecule has 0 radical (unpaired) electrons. The van der Waals surface area contributed by atoms with Crippen LogP contribution in [0.15, 0.2) is 24.3 Å². The Bertz CT molecular complexity index is 676. The van der Waals surface area contributed by atoms with Crippen LogP contribution < -0.4 is 0 Å². The normalized spacial score (nSPS) is 15.5.